The largest absolute Gasteiger partial charge is 0.483 e. The van der Waals surface area contributed by atoms with Crippen LogP contribution in [0.1, 0.15) is 44.6 Å². The van der Waals surface area contributed by atoms with Crippen molar-refractivity contribution < 1.29 is 14.6 Å². The molecule has 0 bridgehead atoms. The summed E-state index contributed by atoms with van der Waals surface area (Å²) in [5.74, 6) is 1.21. The van der Waals surface area contributed by atoms with Gasteiger partial charge in [0, 0.05) is 18.6 Å². The van der Waals surface area contributed by atoms with Gasteiger partial charge in [0.05, 0.1) is 0 Å². The second kappa shape index (κ2) is 7.46. The Morgan fingerprint density at radius 1 is 1.38 bits per heavy atom. The monoisotopic (exact) mass is 291 g/mol. The highest BCUT2D eigenvalue weighted by Gasteiger charge is 2.27. The molecule has 2 atom stereocenters. The number of carbonyl (C=O) groups excluding carboxylic acids is 1. The first kappa shape index (κ1) is 15.8. The van der Waals surface area contributed by atoms with E-state index in [1.807, 2.05) is 24.3 Å². The fourth-order valence-electron chi connectivity index (χ4n) is 2.93. The van der Waals surface area contributed by atoms with Gasteiger partial charge in [-0.25, -0.2) is 0 Å². The molecule has 2 rings (SSSR count). The van der Waals surface area contributed by atoms with Crippen molar-refractivity contribution >= 4 is 5.91 Å². The molecule has 1 fully saturated rings. The molecule has 4 heteroatoms. The number of carbonyl (C=O) groups is 1. The maximum atomic E-state index is 12.0. The summed E-state index contributed by atoms with van der Waals surface area (Å²) in [6.45, 7) is 4.37. The summed E-state index contributed by atoms with van der Waals surface area (Å²) in [6.07, 6.45) is 2.99. The lowest BCUT2D eigenvalue weighted by Crippen LogP contribution is -2.41. The van der Waals surface area contributed by atoms with Gasteiger partial charge in [-0.05, 0) is 30.4 Å². The Balaban J connectivity index is 1.87. The van der Waals surface area contributed by atoms with E-state index in [4.69, 9.17) is 4.74 Å². The lowest BCUT2D eigenvalue weighted by atomic mass is 10.0. The first-order chi connectivity index (χ1) is 10.1. The second-order valence-electron chi connectivity index (χ2n) is 6.03. The van der Waals surface area contributed by atoms with Crippen molar-refractivity contribution in [2.24, 2.45) is 5.92 Å². The number of rotatable bonds is 6. The molecule has 1 aromatic carbocycles. The van der Waals surface area contributed by atoms with Crippen LogP contribution in [0.5, 0.6) is 5.75 Å². The maximum Gasteiger partial charge on any atom is 0.258 e. The van der Waals surface area contributed by atoms with E-state index in [9.17, 15) is 9.90 Å². The van der Waals surface area contributed by atoms with Crippen molar-refractivity contribution in [3.05, 3.63) is 29.8 Å². The van der Waals surface area contributed by atoms with Gasteiger partial charge in [-0.15, -0.1) is 0 Å². The maximum absolute atomic E-state index is 12.0. The highest BCUT2D eigenvalue weighted by atomic mass is 16.5. The van der Waals surface area contributed by atoms with Gasteiger partial charge in [0.2, 0.25) is 0 Å². The zero-order chi connectivity index (χ0) is 15.2. The summed E-state index contributed by atoms with van der Waals surface area (Å²) in [6, 6.07) is 7.90. The summed E-state index contributed by atoms with van der Waals surface area (Å²) in [5, 5.41) is 12.2. The van der Waals surface area contributed by atoms with Crippen molar-refractivity contribution in [3.63, 3.8) is 0 Å². The minimum absolute atomic E-state index is 0.0262. The molecular formula is C17H25NO3. The summed E-state index contributed by atoms with van der Waals surface area (Å²) < 4.78 is 5.66. The van der Waals surface area contributed by atoms with Crippen LogP contribution in [0.3, 0.4) is 0 Å². The predicted octanol–water partition coefficient (Wildman–Crippen LogP) is 2.47. The number of aliphatic hydroxyl groups is 1. The Morgan fingerprint density at radius 3 is 2.86 bits per heavy atom. The van der Waals surface area contributed by atoms with Crippen LogP contribution in [0.2, 0.25) is 0 Å². The molecule has 0 spiro atoms. The fourth-order valence-corrected chi connectivity index (χ4v) is 2.93. The number of benzene rings is 1. The van der Waals surface area contributed by atoms with E-state index in [-0.39, 0.29) is 31.1 Å². The number of para-hydroxylation sites is 1. The molecule has 0 aromatic heterocycles. The van der Waals surface area contributed by atoms with Crippen LogP contribution in [0.25, 0.3) is 0 Å². The highest BCUT2D eigenvalue weighted by Crippen LogP contribution is 2.26. The Bertz CT molecular complexity index is 473. The van der Waals surface area contributed by atoms with E-state index in [1.165, 1.54) is 0 Å². The molecule has 0 heterocycles. The molecule has 0 radical (unpaired) electrons. The molecular weight excluding hydrogens is 266 g/mol. The number of nitrogens with one attached hydrogen (secondary N) is 1. The van der Waals surface area contributed by atoms with Crippen molar-refractivity contribution in [2.45, 2.75) is 45.1 Å². The van der Waals surface area contributed by atoms with E-state index in [0.29, 0.717) is 5.92 Å². The Hall–Kier alpha value is -1.55. The Kier molecular flexibility index (Phi) is 5.62. The van der Waals surface area contributed by atoms with Crippen LogP contribution >= 0.6 is 0 Å². The molecule has 2 N–H and O–H groups in total. The van der Waals surface area contributed by atoms with E-state index in [2.05, 4.69) is 19.2 Å². The SMILES string of the molecule is CC(C)c1ccccc1OCC(=O)NC1CCCC1CO. The number of amides is 1. The van der Waals surface area contributed by atoms with Crippen LogP contribution < -0.4 is 10.1 Å². The van der Waals surface area contributed by atoms with Crippen LogP contribution in [-0.4, -0.2) is 30.3 Å². The molecule has 1 aliphatic carbocycles. The minimum atomic E-state index is -0.112. The standard InChI is InChI=1S/C17H25NO3/c1-12(2)14-7-3-4-9-16(14)21-11-17(20)18-15-8-5-6-13(15)10-19/h3-4,7,9,12-13,15,19H,5-6,8,10-11H2,1-2H3,(H,18,20). The molecule has 4 nitrogen and oxygen atoms in total. The third-order valence-corrected chi connectivity index (χ3v) is 4.14. The van der Waals surface area contributed by atoms with Crippen LogP contribution in [-0.2, 0) is 4.79 Å². The van der Waals surface area contributed by atoms with Gasteiger partial charge in [-0.2, -0.15) is 0 Å². The predicted molar refractivity (Wildman–Crippen MR) is 82.4 cm³/mol. The van der Waals surface area contributed by atoms with E-state index >= 15 is 0 Å². The minimum Gasteiger partial charge on any atom is -0.483 e. The average molecular weight is 291 g/mol. The van der Waals surface area contributed by atoms with Gasteiger partial charge in [0.25, 0.3) is 5.91 Å². The molecule has 1 aromatic rings. The lowest BCUT2D eigenvalue weighted by molar-refractivity contribution is -0.124. The zero-order valence-electron chi connectivity index (χ0n) is 12.8. The third-order valence-electron chi connectivity index (χ3n) is 4.14. The van der Waals surface area contributed by atoms with Gasteiger partial charge < -0.3 is 15.2 Å². The Labute approximate surface area is 126 Å². The van der Waals surface area contributed by atoms with Gasteiger partial charge in [0.1, 0.15) is 5.75 Å². The van der Waals surface area contributed by atoms with Crippen molar-refractivity contribution in [3.8, 4) is 5.75 Å². The normalized spacial score (nSPS) is 21.5. The van der Waals surface area contributed by atoms with Gasteiger partial charge >= 0.3 is 0 Å². The third kappa shape index (κ3) is 4.21. The van der Waals surface area contributed by atoms with Crippen LogP contribution in [0.15, 0.2) is 24.3 Å². The average Bonchev–Trinajstić information content (AvgIpc) is 2.92. The van der Waals surface area contributed by atoms with Crippen molar-refractivity contribution in [1.29, 1.82) is 0 Å². The Morgan fingerprint density at radius 2 is 2.14 bits per heavy atom. The van der Waals surface area contributed by atoms with Gasteiger partial charge in [0.15, 0.2) is 6.61 Å². The summed E-state index contributed by atoms with van der Waals surface area (Å²) in [4.78, 5) is 12.0. The molecule has 1 amide bonds. The van der Waals surface area contributed by atoms with Crippen molar-refractivity contribution in [1.82, 2.24) is 5.32 Å². The highest BCUT2D eigenvalue weighted by molar-refractivity contribution is 5.78. The molecule has 116 valence electrons. The molecule has 1 saturated carbocycles. The summed E-state index contributed by atoms with van der Waals surface area (Å²) in [7, 11) is 0. The van der Waals surface area contributed by atoms with Crippen LogP contribution in [0, 0.1) is 5.92 Å². The van der Waals surface area contributed by atoms with E-state index in [1.54, 1.807) is 0 Å². The van der Waals surface area contributed by atoms with E-state index < -0.39 is 0 Å². The first-order valence-corrected chi connectivity index (χ1v) is 7.73. The molecule has 2 unspecified atom stereocenters. The number of ether oxygens (including phenoxy) is 1. The van der Waals surface area contributed by atoms with Gasteiger partial charge in [-0.1, -0.05) is 38.5 Å². The van der Waals surface area contributed by atoms with Gasteiger partial charge in [-0.3, -0.25) is 4.79 Å². The molecule has 0 saturated heterocycles. The summed E-state index contributed by atoms with van der Waals surface area (Å²) in [5.41, 5.74) is 1.11. The topological polar surface area (TPSA) is 58.6 Å². The number of hydrogen-bond acceptors (Lipinski definition) is 3. The fraction of sp³-hybridized carbons (Fsp3) is 0.588. The second-order valence-corrected chi connectivity index (χ2v) is 6.03. The number of aliphatic hydroxyl groups excluding tert-OH is 1. The zero-order valence-corrected chi connectivity index (χ0v) is 12.8. The quantitative estimate of drug-likeness (QED) is 0.846. The van der Waals surface area contributed by atoms with Crippen molar-refractivity contribution in [2.75, 3.05) is 13.2 Å². The number of hydrogen-bond donors (Lipinski definition) is 2. The van der Waals surface area contributed by atoms with E-state index in [0.717, 1.165) is 30.6 Å². The molecule has 21 heavy (non-hydrogen) atoms. The summed E-state index contributed by atoms with van der Waals surface area (Å²) >= 11 is 0. The molecule has 0 aliphatic heterocycles. The molecule has 1 aliphatic rings. The van der Waals surface area contributed by atoms with Crippen LogP contribution in [0.4, 0.5) is 0 Å². The smallest absolute Gasteiger partial charge is 0.258 e. The lowest BCUT2D eigenvalue weighted by Gasteiger charge is -2.19. The first-order valence-electron chi connectivity index (χ1n) is 7.73.